The quantitative estimate of drug-likeness (QED) is 0.766. The summed E-state index contributed by atoms with van der Waals surface area (Å²) in [5, 5.41) is -0.577. The number of carbonyl (C=O) groups excluding carboxylic acids is 1. The van der Waals surface area contributed by atoms with Crippen molar-refractivity contribution in [2.24, 2.45) is 5.41 Å². The van der Waals surface area contributed by atoms with Crippen molar-refractivity contribution in [1.82, 2.24) is 10.9 Å². The Hall–Kier alpha value is -0.300. The van der Waals surface area contributed by atoms with E-state index in [1.807, 2.05) is 0 Å². The number of ether oxygens (including phenoxy) is 1. The minimum Gasteiger partial charge on any atom is -0.303 e. The average molecular weight is 271 g/mol. The van der Waals surface area contributed by atoms with Crippen molar-refractivity contribution in [3.05, 3.63) is 0 Å². The highest BCUT2D eigenvalue weighted by Gasteiger charge is 2.39. The Kier molecular flexibility index (Phi) is 4.83. The topological polar surface area (TPSA) is 50.4 Å². The number of nitrogens with one attached hydrogen (secondary N) is 2. The van der Waals surface area contributed by atoms with Crippen molar-refractivity contribution in [1.29, 1.82) is 0 Å². The first-order valence-corrected chi connectivity index (χ1v) is 5.78. The molecule has 0 bridgehead atoms. The van der Waals surface area contributed by atoms with Gasteiger partial charge in [-0.05, 0) is 0 Å². The van der Waals surface area contributed by atoms with Crippen molar-refractivity contribution in [3.63, 3.8) is 0 Å². The molecule has 0 aliphatic carbocycles. The lowest BCUT2D eigenvalue weighted by molar-refractivity contribution is -0.182. The van der Waals surface area contributed by atoms with Crippen molar-refractivity contribution in [2.75, 3.05) is 0 Å². The van der Waals surface area contributed by atoms with Crippen molar-refractivity contribution < 1.29 is 18.3 Å². The lowest BCUT2D eigenvalue weighted by Crippen LogP contribution is -2.62. The zero-order chi connectivity index (χ0) is 13.2. The van der Waals surface area contributed by atoms with E-state index in [2.05, 4.69) is 15.6 Å². The fourth-order valence-electron chi connectivity index (χ4n) is 1.58. The van der Waals surface area contributed by atoms with Crippen LogP contribution in [-0.2, 0) is 9.53 Å². The second-order valence-electron chi connectivity index (χ2n) is 5.02. The Labute approximate surface area is 104 Å². The molecule has 0 amide bonds. The second kappa shape index (κ2) is 5.56. The van der Waals surface area contributed by atoms with E-state index >= 15 is 0 Å². The number of carbonyl (C=O) groups is 1. The Morgan fingerprint density at radius 3 is 2.41 bits per heavy atom. The van der Waals surface area contributed by atoms with Crippen LogP contribution in [0.5, 0.6) is 0 Å². The average Bonchev–Trinajstić information content (AvgIpc) is 2.14. The molecule has 0 aromatic heterocycles. The first-order chi connectivity index (χ1) is 7.71. The highest BCUT2D eigenvalue weighted by molar-refractivity contribution is 6.23. The van der Waals surface area contributed by atoms with Gasteiger partial charge in [0.2, 0.25) is 0 Å². The summed E-state index contributed by atoms with van der Waals surface area (Å²) in [5.74, 6) is -0.0690. The molecule has 0 aromatic rings. The van der Waals surface area contributed by atoms with Gasteiger partial charge in [0.1, 0.15) is 6.23 Å². The van der Waals surface area contributed by atoms with E-state index in [0.29, 0.717) is 0 Å². The number of hydrogen-bond acceptors (Lipinski definition) is 4. The van der Waals surface area contributed by atoms with E-state index in [9.17, 15) is 13.6 Å². The first-order valence-electron chi connectivity index (χ1n) is 5.35. The molecular formula is C10H17ClF2N2O2. The molecule has 100 valence electrons. The zero-order valence-electron chi connectivity index (χ0n) is 9.97. The van der Waals surface area contributed by atoms with Gasteiger partial charge in [-0.3, -0.25) is 4.79 Å². The Bertz CT molecular complexity index is 284. The first kappa shape index (κ1) is 14.8. The fraction of sp³-hybridized carbons (Fsp3) is 0.900. The Morgan fingerprint density at radius 2 is 2.00 bits per heavy atom. The summed E-state index contributed by atoms with van der Waals surface area (Å²) in [5.41, 5.74) is 4.63. The molecule has 4 nitrogen and oxygen atoms in total. The normalized spacial score (nSPS) is 30.6. The highest BCUT2D eigenvalue weighted by Crippen LogP contribution is 2.24. The smallest absolute Gasteiger partial charge is 0.303 e. The monoisotopic (exact) mass is 270 g/mol. The number of Topliss-reactive ketones (excluding diaryl/α,β-unsaturated/α-hetero) is 1. The Balaban J connectivity index is 2.56. The summed E-state index contributed by atoms with van der Waals surface area (Å²) in [4.78, 5) is 12.0. The highest BCUT2D eigenvalue weighted by atomic mass is 35.5. The predicted molar refractivity (Wildman–Crippen MR) is 59.7 cm³/mol. The van der Waals surface area contributed by atoms with E-state index < -0.39 is 29.7 Å². The third-order valence-corrected chi connectivity index (χ3v) is 2.92. The molecule has 1 fully saturated rings. The molecule has 0 spiro atoms. The molecule has 1 aliphatic rings. The number of halogens is 3. The summed E-state index contributed by atoms with van der Waals surface area (Å²) in [6.45, 7) is 2.47. The van der Waals surface area contributed by atoms with Gasteiger partial charge in [0.05, 0.1) is 11.4 Å². The maximum absolute atomic E-state index is 12.0. The second-order valence-corrected chi connectivity index (χ2v) is 5.58. The molecule has 1 saturated heterocycles. The summed E-state index contributed by atoms with van der Waals surface area (Å²) in [6.07, 6.45) is -0.743. The van der Waals surface area contributed by atoms with Crippen molar-refractivity contribution in [2.45, 2.75) is 51.5 Å². The third-order valence-electron chi connectivity index (χ3n) is 2.49. The molecule has 1 aliphatic heterocycles. The van der Waals surface area contributed by atoms with E-state index in [1.54, 1.807) is 20.8 Å². The molecule has 1 rings (SSSR count). The summed E-state index contributed by atoms with van der Waals surface area (Å²) < 4.78 is 28.3. The molecule has 3 unspecified atom stereocenters. The third kappa shape index (κ3) is 4.13. The molecule has 2 N–H and O–H groups in total. The maximum Gasteiger partial charge on any atom is 0.346 e. The van der Waals surface area contributed by atoms with Gasteiger partial charge >= 0.3 is 6.61 Å². The van der Waals surface area contributed by atoms with Gasteiger partial charge in [-0.25, -0.2) is 10.9 Å². The molecule has 0 aromatic carbocycles. The molecule has 7 heteroatoms. The van der Waals surface area contributed by atoms with E-state index in [-0.39, 0.29) is 12.2 Å². The van der Waals surface area contributed by atoms with Crippen molar-refractivity contribution in [3.8, 4) is 0 Å². The van der Waals surface area contributed by atoms with E-state index in [1.165, 1.54) is 0 Å². The van der Waals surface area contributed by atoms with Crippen LogP contribution in [0.25, 0.3) is 0 Å². The summed E-state index contributed by atoms with van der Waals surface area (Å²) in [6, 6.07) is -0.603. The number of hydrazine groups is 1. The molecule has 1 heterocycles. The van der Waals surface area contributed by atoms with Crippen LogP contribution >= 0.6 is 11.6 Å². The molecule has 3 atom stereocenters. The molecular weight excluding hydrogens is 254 g/mol. The summed E-state index contributed by atoms with van der Waals surface area (Å²) >= 11 is 6.01. The van der Waals surface area contributed by atoms with Crippen LogP contribution < -0.4 is 10.9 Å². The zero-order valence-corrected chi connectivity index (χ0v) is 10.7. The SMILES string of the molecule is CC(C)(C)C(=O)C1NNC(OC(F)F)CC1Cl. The van der Waals surface area contributed by atoms with E-state index in [4.69, 9.17) is 11.6 Å². The predicted octanol–water partition coefficient (Wildman–Crippen LogP) is 1.64. The Morgan fingerprint density at radius 1 is 1.41 bits per heavy atom. The van der Waals surface area contributed by atoms with Crippen molar-refractivity contribution >= 4 is 17.4 Å². The lowest BCUT2D eigenvalue weighted by Gasteiger charge is -2.36. The van der Waals surface area contributed by atoms with Gasteiger partial charge in [0.15, 0.2) is 5.78 Å². The van der Waals surface area contributed by atoms with Gasteiger partial charge < -0.3 is 4.74 Å². The van der Waals surface area contributed by atoms with E-state index in [0.717, 1.165) is 0 Å². The van der Waals surface area contributed by atoms with Gasteiger partial charge in [-0.15, -0.1) is 11.6 Å². The van der Waals surface area contributed by atoms with Crippen LogP contribution in [0.3, 0.4) is 0 Å². The number of rotatable bonds is 3. The number of ketones is 1. The standard InChI is InChI=1S/C10H17ClF2N2O2/c1-10(2,3)8(16)7-5(11)4-6(14-15-7)17-9(12)13/h5-7,9,14-15H,4H2,1-3H3. The molecule has 17 heavy (non-hydrogen) atoms. The summed E-state index contributed by atoms with van der Waals surface area (Å²) in [7, 11) is 0. The lowest BCUT2D eigenvalue weighted by atomic mass is 9.84. The van der Waals surface area contributed by atoms with Gasteiger partial charge in [-0.2, -0.15) is 8.78 Å². The van der Waals surface area contributed by atoms with Gasteiger partial charge in [0.25, 0.3) is 0 Å². The van der Waals surface area contributed by atoms with Crippen LogP contribution in [0.2, 0.25) is 0 Å². The molecule has 0 radical (unpaired) electrons. The van der Waals surface area contributed by atoms with Crippen LogP contribution in [0, 0.1) is 5.41 Å². The minimum absolute atomic E-state index is 0.0690. The molecule has 0 saturated carbocycles. The number of alkyl halides is 3. The van der Waals surface area contributed by atoms with Crippen LogP contribution in [0.4, 0.5) is 8.78 Å². The minimum atomic E-state index is -2.87. The van der Waals surface area contributed by atoms with Gasteiger partial charge in [0, 0.05) is 11.8 Å². The largest absolute Gasteiger partial charge is 0.346 e. The maximum atomic E-state index is 12.0. The van der Waals surface area contributed by atoms with Crippen LogP contribution in [-0.4, -0.2) is 30.0 Å². The van der Waals surface area contributed by atoms with Gasteiger partial charge in [-0.1, -0.05) is 20.8 Å². The number of hydrogen-bond donors (Lipinski definition) is 2. The van der Waals surface area contributed by atoms with Crippen LogP contribution in [0.1, 0.15) is 27.2 Å². The van der Waals surface area contributed by atoms with Crippen LogP contribution in [0.15, 0.2) is 0 Å². The fourth-order valence-corrected chi connectivity index (χ4v) is 1.92.